The van der Waals surface area contributed by atoms with Gasteiger partial charge in [0.25, 0.3) is 11.5 Å². The van der Waals surface area contributed by atoms with Crippen LogP contribution in [0.5, 0.6) is 0 Å². The molecule has 0 saturated heterocycles. The number of hydrogen-bond donors (Lipinski definition) is 2. The number of hydrogen-bond acceptors (Lipinski definition) is 7. The molecular weight excluding hydrogens is 549 g/mol. The first kappa shape index (κ1) is 31.6. The highest BCUT2D eigenvalue weighted by Crippen LogP contribution is 2.24. The van der Waals surface area contributed by atoms with Gasteiger partial charge in [-0.1, -0.05) is 6.08 Å². The average molecular weight is 584 g/mol. The van der Waals surface area contributed by atoms with Crippen LogP contribution >= 0.6 is 0 Å². The average Bonchev–Trinajstić information content (AvgIpc) is 3.23. The molecule has 0 radical (unpaired) electrons. The van der Waals surface area contributed by atoms with Crippen molar-refractivity contribution in [2.75, 3.05) is 19.4 Å². The van der Waals surface area contributed by atoms with Crippen molar-refractivity contribution < 1.29 is 33.0 Å². The lowest BCUT2D eigenvalue weighted by atomic mass is 10.1. The van der Waals surface area contributed by atoms with Crippen LogP contribution in [0.2, 0.25) is 0 Å². The molecule has 3 amide bonds. The Morgan fingerprint density at radius 3 is 2.50 bits per heavy atom. The van der Waals surface area contributed by atoms with Gasteiger partial charge in [-0.3, -0.25) is 14.4 Å². The first-order valence-electron chi connectivity index (χ1n) is 13.0. The Labute approximate surface area is 241 Å². The zero-order valence-corrected chi connectivity index (χ0v) is 24.0. The molecule has 0 aliphatic carbocycles. The van der Waals surface area contributed by atoms with Gasteiger partial charge in [0.2, 0.25) is 5.91 Å². The van der Waals surface area contributed by atoms with E-state index in [9.17, 15) is 28.4 Å². The second-order valence-electron chi connectivity index (χ2n) is 10.6. The van der Waals surface area contributed by atoms with Crippen LogP contribution in [-0.2, 0) is 25.6 Å². The van der Waals surface area contributed by atoms with E-state index in [2.05, 4.69) is 5.32 Å². The van der Waals surface area contributed by atoms with Gasteiger partial charge in [0.05, 0.1) is 12.1 Å². The third-order valence-electron chi connectivity index (χ3n) is 5.80. The van der Waals surface area contributed by atoms with E-state index >= 15 is 0 Å². The van der Waals surface area contributed by atoms with E-state index in [1.807, 2.05) is 0 Å². The minimum atomic E-state index is -1.28. The highest BCUT2D eigenvalue weighted by molar-refractivity contribution is 5.95. The predicted molar refractivity (Wildman–Crippen MR) is 153 cm³/mol. The van der Waals surface area contributed by atoms with Crippen molar-refractivity contribution in [3.05, 3.63) is 76.6 Å². The van der Waals surface area contributed by atoms with Crippen molar-refractivity contribution in [3.63, 3.8) is 0 Å². The number of pyridine rings is 1. The summed E-state index contributed by atoms with van der Waals surface area (Å²) in [7, 11) is 2.90. The fraction of sp³-hybridized carbons (Fsp3) is 0.345. The van der Waals surface area contributed by atoms with Gasteiger partial charge in [-0.05, 0) is 76.1 Å². The highest BCUT2D eigenvalue weighted by atomic mass is 19.1. The maximum absolute atomic E-state index is 14.0. The molecule has 0 aliphatic heterocycles. The lowest BCUT2D eigenvalue weighted by Gasteiger charge is -2.21. The minimum Gasteiger partial charge on any atom is -0.443 e. The number of halogens is 1. The molecule has 224 valence electrons. The Kier molecular flexibility index (Phi) is 9.89. The molecule has 0 aliphatic rings. The van der Waals surface area contributed by atoms with Crippen molar-refractivity contribution >= 4 is 40.6 Å². The number of nitrogens with zero attached hydrogens (tertiary/aromatic N) is 3. The summed E-state index contributed by atoms with van der Waals surface area (Å²) in [4.78, 5) is 63.8. The summed E-state index contributed by atoms with van der Waals surface area (Å²) >= 11 is 0. The van der Waals surface area contributed by atoms with E-state index in [1.165, 1.54) is 65.8 Å². The molecular formula is C29H34FN5O7. The van der Waals surface area contributed by atoms with Crippen LogP contribution in [0, 0.1) is 5.82 Å². The molecule has 3 rings (SSSR count). The van der Waals surface area contributed by atoms with Crippen molar-refractivity contribution in [3.8, 4) is 0 Å². The van der Waals surface area contributed by atoms with Gasteiger partial charge in [0.15, 0.2) is 6.10 Å². The molecule has 2 aromatic heterocycles. The molecule has 0 fully saturated rings. The number of primary amides is 1. The van der Waals surface area contributed by atoms with Crippen LogP contribution in [0.25, 0.3) is 10.9 Å². The van der Waals surface area contributed by atoms with E-state index in [0.717, 1.165) is 11.0 Å². The van der Waals surface area contributed by atoms with E-state index in [0.29, 0.717) is 16.6 Å². The molecule has 12 nitrogen and oxygen atoms in total. The van der Waals surface area contributed by atoms with Crippen LogP contribution < -0.4 is 16.6 Å². The molecule has 0 bridgehead atoms. The molecule has 3 N–H and O–H groups in total. The molecule has 1 atom stereocenters. The van der Waals surface area contributed by atoms with Gasteiger partial charge in [0, 0.05) is 31.4 Å². The number of nitrogens with two attached hydrogens (primary N) is 1. The monoisotopic (exact) mass is 583 g/mol. The predicted octanol–water partition coefficient (Wildman–Crippen LogP) is 3.60. The van der Waals surface area contributed by atoms with Gasteiger partial charge in [-0.15, -0.1) is 0 Å². The number of allylic oxidation sites excluding steroid dienone is 1. The molecule has 0 spiro atoms. The Hall–Kier alpha value is -4.94. The molecule has 3 aromatic rings. The van der Waals surface area contributed by atoms with E-state index in [-0.39, 0.29) is 25.1 Å². The highest BCUT2D eigenvalue weighted by Gasteiger charge is 2.25. The second kappa shape index (κ2) is 13.1. The number of aromatic nitrogens is 2. The summed E-state index contributed by atoms with van der Waals surface area (Å²) in [5.41, 5.74) is 4.30. The number of carbonyl (C=O) groups is 4. The molecule has 42 heavy (non-hydrogen) atoms. The summed E-state index contributed by atoms with van der Waals surface area (Å²) in [6.45, 7) is 5.02. The van der Waals surface area contributed by atoms with Gasteiger partial charge in [-0.2, -0.15) is 0 Å². The molecule has 0 saturated carbocycles. The normalized spacial score (nSPS) is 12.2. The summed E-state index contributed by atoms with van der Waals surface area (Å²) in [5, 5.41) is 2.94. The van der Waals surface area contributed by atoms with Gasteiger partial charge < -0.3 is 30.0 Å². The molecule has 0 unspecified atom stereocenters. The van der Waals surface area contributed by atoms with Gasteiger partial charge in [0.1, 0.15) is 17.1 Å². The number of amides is 3. The van der Waals surface area contributed by atoms with Crippen LogP contribution in [-0.4, -0.2) is 63.8 Å². The number of carbonyl (C=O) groups excluding carboxylic acids is 4. The third-order valence-corrected chi connectivity index (χ3v) is 5.80. The summed E-state index contributed by atoms with van der Waals surface area (Å²) in [5.74, 6) is -1.92. The zero-order chi connectivity index (χ0) is 31.2. The number of anilines is 1. The Morgan fingerprint density at radius 1 is 1.14 bits per heavy atom. The Morgan fingerprint density at radius 2 is 1.86 bits per heavy atom. The standard InChI is InChI=1S/C29H34FN5O7/c1-29(2,3)42-28(40)35-20(16-18-15-19(30)12-13-22(18)35)17-34-14-8-9-21(26(34)38)32-25(37)23(41-27(39)33(4)5)10-6-7-11-24(31)36/h7-9,11-16,23H,6,10,17H2,1-5H3,(H2,31,36)(H,32,37)/b11-7+/t23-/m0/s1. The van der Waals surface area contributed by atoms with Crippen molar-refractivity contribution in [1.82, 2.24) is 14.0 Å². The third kappa shape index (κ3) is 8.29. The molecule has 2 heterocycles. The maximum atomic E-state index is 14.0. The van der Waals surface area contributed by atoms with Gasteiger partial charge in [-0.25, -0.2) is 18.5 Å². The fourth-order valence-electron chi connectivity index (χ4n) is 3.94. The topological polar surface area (TPSA) is 155 Å². The summed E-state index contributed by atoms with van der Waals surface area (Å²) in [6.07, 6.45) is 1.49. The Balaban J connectivity index is 1.91. The number of benzene rings is 1. The maximum Gasteiger partial charge on any atom is 0.419 e. The zero-order valence-electron chi connectivity index (χ0n) is 24.0. The van der Waals surface area contributed by atoms with Crippen LogP contribution in [0.1, 0.15) is 39.3 Å². The lowest BCUT2D eigenvalue weighted by Crippen LogP contribution is -2.37. The van der Waals surface area contributed by atoms with Crippen LogP contribution in [0.4, 0.5) is 19.7 Å². The Bertz CT molecular complexity index is 1580. The van der Waals surface area contributed by atoms with Crippen molar-refractivity contribution in [2.24, 2.45) is 5.73 Å². The van der Waals surface area contributed by atoms with E-state index < -0.39 is 47.1 Å². The van der Waals surface area contributed by atoms with Crippen molar-refractivity contribution in [2.45, 2.75) is 51.9 Å². The fourth-order valence-corrected chi connectivity index (χ4v) is 3.94. The quantitative estimate of drug-likeness (QED) is 0.365. The van der Waals surface area contributed by atoms with Gasteiger partial charge >= 0.3 is 12.2 Å². The van der Waals surface area contributed by atoms with Crippen LogP contribution in [0.3, 0.4) is 0 Å². The first-order chi connectivity index (χ1) is 19.7. The first-order valence-corrected chi connectivity index (χ1v) is 13.0. The minimum absolute atomic E-state index is 0.0166. The SMILES string of the molecule is CN(C)C(=O)O[C@@H](CC/C=C/C(N)=O)C(=O)Nc1cccn(Cc2cc3cc(F)ccc3n2C(=O)OC(C)(C)C)c1=O. The number of nitrogens with one attached hydrogen (secondary N) is 1. The number of rotatable bonds is 9. The van der Waals surface area contributed by atoms with E-state index in [1.54, 1.807) is 26.8 Å². The summed E-state index contributed by atoms with van der Waals surface area (Å²) in [6, 6.07) is 8.42. The number of ether oxygens (including phenoxy) is 2. The number of fused-ring (bicyclic) bond motifs is 1. The van der Waals surface area contributed by atoms with E-state index in [4.69, 9.17) is 15.2 Å². The largest absolute Gasteiger partial charge is 0.443 e. The molecule has 1 aromatic carbocycles. The smallest absolute Gasteiger partial charge is 0.419 e. The van der Waals surface area contributed by atoms with Crippen molar-refractivity contribution in [1.29, 1.82) is 0 Å². The summed E-state index contributed by atoms with van der Waals surface area (Å²) < 4.78 is 27.3. The second-order valence-corrected chi connectivity index (χ2v) is 10.6. The van der Waals surface area contributed by atoms with Crippen LogP contribution in [0.15, 0.2) is 59.5 Å². The lowest BCUT2D eigenvalue weighted by molar-refractivity contribution is -0.125. The molecule has 13 heteroatoms.